The van der Waals surface area contributed by atoms with Crippen LogP contribution in [0.15, 0.2) is 12.1 Å². The fourth-order valence-electron chi connectivity index (χ4n) is 2.38. The number of carbonyl (C=O) groups is 1. The third-order valence-electron chi connectivity index (χ3n) is 3.81. The van der Waals surface area contributed by atoms with Crippen LogP contribution in [-0.4, -0.2) is 22.6 Å². The van der Waals surface area contributed by atoms with Gasteiger partial charge in [-0.3, -0.25) is 4.79 Å². The molecule has 0 spiro atoms. The van der Waals surface area contributed by atoms with Gasteiger partial charge >= 0.3 is 0 Å². The smallest absolute Gasteiger partial charge is 0.204 e. The van der Waals surface area contributed by atoms with Gasteiger partial charge in [0.15, 0.2) is 24.0 Å². The average Bonchev–Trinajstić information content (AvgIpc) is 2.60. The van der Waals surface area contributed by atoms with Crippen molar-refractivity contribution in [2.24, 2.45) is 0 Å². The van der Waals surface area contributed by atoms with E-state index in [1.165, 1.54) is 6.07 Å². The van der Waals surface area contributed by atoms with Gasteiger partial charge in [0.25, 0.3) is 0 Å². The largest absolute Gasteiger partial charge is 0.508 e. The molecule has 140 valence electrons. The Hall–Kier alpha value is -2.77. The summed E-state index contributed by atoms with van der Waals surface area (Å²) < 4.78 is 59.2. The van der Waals surface area contributed by atoms with E-state index in [4.69, 9.17) is 0 Å². The van der Waals surface area contributed by atoms with E-state index in [1.54, 1.807) is 0 Å². The van der Waals surface area contributed by atoms with Crippen LogP contribution in [0.2, 0.25) is 0 Å². The first-order valence-electron chi connectivity index (χ1n) is 7.72. The Balaban J connectivity index is 2.29. The maximum atomic E-state index is 13.8. The molecule has 0 fully saturated rings. The molecule has 2 rings (SSSR count). The highest BCUT2D eigenvalue weighted by atomic mass is 19.2. The van der Waals surface area contributed by atoms with Crippen LogP contribution in [0, 0.1) is 30.2 Å². The van der Waals surface area contributed by atoms with E-state index >= 15 is 0 Å². The number of Topliss-reactive ketones (excluding diaryl/α,β-unsaturated/α-hetero) is 1. The lowest BCUT2D eigenvalue weighted by atomic mass is 10.0. The van der Waals surface area contributed by atoms with Crippen molar-refractivity contribution >= 4 is 5.78 Å². The van der Waals surface area contributed by atoms with Gasteiger partial charge in [-0.15, -0.1) is 0 Å². The van der Waals surface area contributed by atoms with Crippen LogP contribution < -0.4 is 4.74 Å². The Labute approximate surface area is 146 Å². The first-order valence-corrected chi connectivity index (χ1v) is 7.72. The summed E-state index contributed by atoms with van der Waals surface area (Å²) in [5.74, 6) is -9.76. The van der Waals surface area contributed by atoms with Gasteiger partial charge in [0.2, 0.25) is 17.4 Å². The first kappa shape index (κ1) is 19.6. The van der Waals surface area contributed by atoms with Gasteiger partial charge in [-0.05, 0) is 25.0 Å². The van der Waals surface area contributed by atoms with Crippen molar-refractivity contribution in [3.05, 3.63) is 52.1 Å². The van der Waals surface area contributed by atoms with E-state index < -0.39 is 52.7 Å². The number of benzene rings is 2. The predicted octanol–water partition coefficient (Wildman–Crippen LogP) is 4.18. The van der Waals surface area contributed by atoms with Gasteiger partial charge in [0.1, 0.15) is 11.5 Å². The molecule has 0 aromatic heterocycles. The Bertz CT molecular complexity index is 836. The molecule has 0 aliphatic carbocycles. The number of phenols is 2. The molecular formula is C18H16F4O4. The van der Waals surface area contributed by atoms with Gasteiger partial charge in [-0.2, -0.15) is 8.78 Å². The summed E-state index contributed by atoms with van der Waals surface area (Å²) in [4.78, 5) is 12.2. The fraction of sp³-hybridized carbons (Fsp3) is 0.278. The number of halogens is 4. The van der Waals surface area contributed by atoms with Gasteiger partial charge < -0.3 is 14.9 Å². The van der Waals surface area contributed by atoms with Gasteiger partial charge in [0.05, 0.1) is 5.56 Å². The molecule has 0 unspecified atom stereocenters. The highest BCUT2D eigenvalue weighted by Gasteiger charge is 2.25. The summed E-state index contributed by atoms with van der Waals surface area (Å²) in [7, 11) is 0. The second-order valence-electron chi connectivity index (χ2n) is 5.67. The maximum Gasteiger partial charge on any atom is 0.204 e. The summed E-state index contributed by atoms with van der Waals surface area (Å²) >= 11 is 0. The molecule has 0 bridgehead atoms. The lowest BCUT2D eigenvalue weighted by Gasteiger charge is -2.12. The Morgan fingerprint density at radius 2 is 1.58 bits per heavy atom. The summed E-state index contributed by atoms with van der Waals surface area (Å²) in [6, 6.07) is 2.19. The van der Waals surface area contributed by atoms with Gasteiger partial charge in [-0.1, -0.05) is 13.3 Å². The number of ether oxygens (including phenoxy) is 1. The monoisotopic (exact) mass is 372 g/mol. The van der Waals surface area contributed by atoms with Crippen molar-refractivity contribution in [1.29, 1.82) is 0 Å². The van der Waals surface area contributed by atoms with E-state index in [0.29, 0.717) is 18.4 Å². The normalized spacial score (nSPS) is 10.8. The molecule has 0 saturated carbocycles. The third kappa shape index (κ3) is 3.58. The summed E-state index contributed by atoms with van der Waals surface area (Å²) in [5.41, 5.74) is -0.711. The fourth-order valence-corrected chi connectivity index (χ4v) is 2.38. The number of rotatable bonds is 6. The minimum atomic E-state index is -1.75. The van der Waals surface area contributed by atoms with Crippen LogP contribution in [0.1, 0.15) is 34.8 Å². The average molecular weight is 372 g/mol. The number of aromatic hydroxyl groups is 2. The van der Waals surface area contributed by atoms with Gasteiger partial charge in [0, 0.05) is 11.6 Å². The lowest BCUT2D eigenvalue weighted by molar-refractivity contribution is 0.0911. The molecule has 4 nitrogen and oxygen atoms in total. The van der Waals surface area contributed by atoms with Crippen molar-refractivity contribution in [2.75, 3.05) is 6.61 Å². The standard InChI is InChI=1S/C18H16F4O4/c1-3-4-9-5-10(12(24)6-11(9)23)13(25)7-26-18-16(21)14(19)8(2)15(20)17(18)22/h5-6,23-24H,3-4,7H2,1-2H3. The van der Waals surface area contributed by atoms with Crippen LogP contribution >= 0.6 is 0 Å². The molecule has 0 saturated heterocycles. The Kier molecular flexibility index (Phi) is 5.74. The SMILES string of the molecule is CCCc1cc(C(=O)COc2c(F)c(F)c(C)c(F)c2F)c(O)cc1O. The number of phenolic OH excluding ortho intramolecular Hbond substituents is 2. The quantitative estimate of drug-likeness (QED) is 0.454. The molecule has 0 heterocycles. The van der Waals surface area contributed by atoms with E-state index in [9.17, 15) is 32.6 Å². The second-order valence-corrected chi connectivity index (χ2v) is 5.67. The van der Waals surface area contributed by atoms with E-state index in [1.807, 2.05) is 6.92 Å². The number of hydrogen-bond donors (Lipinski definition) is 2. The summed E-state index contributed by atoms with van der Waals surface area (Å²) in [5, 5.41) is 19.5. The van der Waals surface area contributed by atoms with E-state index in [0.717, 1.165) is 13.0 Å². The topological polar surface area (TPSA) is 66.8 Å². The third-order valence-corrected chi connectivity index (χ3v) is 3.81. The molecule has 26 heavy (non-hydrogen) atoms. The number of aryl methyl sites for hydroxylation is 1. The number of hydrogen-bond acceptors (Lipinski definition) is 4. The van der Waals surface area contributed by atoms with Crippen molar-refractivity contribution in [2.45, 2.75) is 26.7 Å². The van der Waals surface area contributed by atoms with Crippen LogP contribution in [0.25, 0.3) is 0 Å². The van der Waals surface area contributed by atoms with Crippen LogP contribution in [0.5, 0.6) is 17.2 Å². The highest BCUT2D eigenvalue weighted by molar-refractivity contribution is 6.00. The zero-order valence-electron chi connectivity index (χ0n) is 14.0. The van der Waals surface area contributed by atoms with Crippen LogP contribution in [0.4, 0.5) is 17.6 Å². The molecule has 0 aliphatic rings. The molecule has 0 amide bonds. The zero-order chi connectivity index (χ0) is 19.6. The molecule has 2 N–H and O–H groups in total. The molecule has 0 aliphatic heterocycles. The lowest BCUT2D eigenvalue weighted by Crippen LogP contribution is -2.15. The highest BCUT2D eigenvalue weighted by Crippen LogP contribution is 2.31. The summed E-state index contributed by atoms with van der Waals surface area (Å²) in [6.45, 7) is 1.72. The Morgan fingerprint density at radius 1 is 1.00 bits per heavy atom. The number of carbonyl (C=O) groups excluding carboxylic acids is 1. The predicted molar refractivity (Wildman–Crippen MR) is 84.6 cm³/mol. The molecule has 0 atom stereocenters. The van der Waals surface area contributed by atoms with E-state index in [2.05, 4.69) is 4.74 Å². The van der Waals surface area contributed by atoms with Crippen LogP contribution in [0.3, 0.4) is 0 Å². The molecule has 2 aromatic rings. The summed E-state index contributed by atoms with van der Waals surface area (Å²) in [6.07, 6.45) is 1.08. The minimum Gasteiger partial charge on any atom is -0.508 e. The molecular weight excluding hydrogens is 356 g/mol. The zero-order valence-corrected chi connectivity index (χ0v) is 14.0. The van der Waals surface area contributed by atoms with Crippen molar-refractivity contribution in [3.63, 3.8) is 0 Å². The van der Waals surface area contributed by atoms with Gasteiger partial charge in [-0.25, -0.2) is 8.78 Å². The van der Waals surface area contributed by atoms with E-state index in [-0.39, 0.29) is 11.3 Å². The first-order chi connectivity index (χ1) is 12.2. The van der Waals surface area contributed by atoms with Crippen molar-refractivity contribution in [1.82, 2.24) is 0 Å². The second kappa shape index (κ2) is 7.63. The Morgan fingerprint density at radius 3 is 2.12 bits per heavy atom. The van der Waals surface area contributed by atoms with Crippen molar-refractivity contribution in [3.8, 4) is 17.2 Å². The minimum absolute atomic E-state index is 0.207. The molecule has 2 aromatic carbocycles. The number of ketones is 1. The maximum absolute atomic E-state index is 13.8. The molecule has 8 heteroatoms. The van der Waals surface area contributed by atoms with Crippen LogP contribution in [-0.2, 0) is 6.42 Å². The molecule has 0 radical (unpaired) electrons. The van der Waals surface area contributed by atoms with Crippen molar-refractivity contribution < 1.29 is 37.3 Å².